The van der Waals surface area contributed by atoms with E-state index in [9.17, 15) is 0 Å². The number of allylic oxidation sites excluding steroid dienone is 2. The molecule has 3 aliphatic carbocycles. The van der Waals surface area contributed by atoms with E-state index in [1.165, 1.54) is 83.5 Å². The second-order valence-electron chi connectivity index (χ2n) is 7.86. The van der Waals surface area contributed by atoms with E-state index < -0.39 is 0 Å². The Morgan fingerprint density at radius 3 is 1.81 bits per heavy atom. The summed E-state index contributed by atoms with van der Waals surface area (Å²) in [4.78, 5) is 0. The molecule has 2 saturated carbocycles. The predicted molar refractivity (Wildman–Crippen MR) is 95.9 cm³/mol. The van der Waals surface area contributed by atoms with Gasteiger partial charge >= 0.3 is 0 Å². The number of hydrogen-bond donors (Lipinski definition) is 1. The van der Waals surface area contributed by atoms with E-state index in [0.29, 0.717) is 5.25 Å². The van der Waals surface area contributed by atoms with Gasteiger partial charge in [0.05, 0.1) is 0 Å². The van der Waals surface area contributed by atoms with E-state index in [1.807, 2.05) is 0 Å². The van der Waals surface area contributed by atoms with Gasteiger partial charge in [0, 0.05) is 5.25 Å². The number of fused-ring (bicyclic) bond motifs is 3. The molecule has 0 aromatic carbocycles. The van der Waals surface area contributed by atoms with Crippen LogP contribution in [0.4, 0.5) is 0 Å². The molecule has 0 aromatic heterocycles. The Bertz CT molecular complexity index is 335. The van der Waals surface area contributed by atoms with E-state index in [1.54, 1.807) is 0 Å². The first kappa shape index (κ1) is 16.0. The van der Waals surface area contributed by atoms with Crippen LogP contribution in [0, 0.1) is 23.7 Å². The van der Waals surface area contributed by atoms with Gasteiger partial charge in [0.15, 0.2) is 0 Å². The van der Waals surface area contributed by atoms with Crippen molar-refractivity contribution < 1.29 is 0 Å². The second kappa shape index (κ2) is 8.09. The van der Waals surface area contributed by atoms with Crippen LogP contribution in [0.1, 0.15) is 83.5 Å². The highest BCUT2D eigenvalue weighted by Crippen LogP contribution is 2.47. The second-order valence-corrected chi connectivity index (χ2v) is 8.52. The van der Waals surface area contributed by atoms with Gasteiger partial charge in [-0.3, -0.25) is 0 Å². The van der Waals surface area contributed by atoms with Crippen LogP contribution >= 0.6 is 12.6 Å². The van der Waals surface area contributed by atoms with Crippen molar-refractivity contribution in [3.8, 4) is 0 Å². The van der Waals surface area contributed by atoms with Crippen LogP contribution < -0.4 is 0 Å². The Morgan fingerprint density at radius 1 is 0.571 bits per heavy atom. The fourth-order valence-electron chi connectivity index (χ4n) is 5.12. The van der Waals surface area contributed by atoms with Crippen molar-refractivity contribution >= 4 is 12.6 Å². The van der Waals surface area contributed by atoms with Gasteiger partial charge < -0.3 is 0 Å². The third-order valence-electron chi connectivity index (χ3n) is 6.48. The SMILES string of the molecule is SC1CCCCCCCCCC2C=CC2C2CCCCC12. The standard InChI is InChI=1S/C20H34S/c21-20-13-7-5-3-1-2-4-6-10-16-14-15-17(16)18-11-8-9-12-19(18)20/h14-21H,1-13H2. The molecular weight excluding hydrogens is 272 g/mol. The Hall–Kier alpha value is 0.0900. The summed E-state index contributed by atoms with van der Waals surface area (Å²) < 4.78 is 0. The van der Waals surface area contributed by atoms with Crippen LogP contribution in [0.2, 0.25) is 0 Å². The minimum Gasteiger partial charge on any atom is -0.176 e. The molecule has 0 saturated heterocycles. The molecule has 0 spiro atoms. The zero-order chi connectivity index (χ0) is 14.5. The van der Waals surface area contributed by atoms with Gasteiger partial charge in [-0.15, -0.1) is 0 Å². The lowest BCUT2D eigenvalue weighted by Crippen LogP contribution is -2.37. The average molecular weight is 307 g/mol. The van der Waals surface area contributed by atoms with Crippen LogP contribution in [-0.4, -0.2) is 5.25 Å². The quantitative estimate of drug-likeness (QED) is 0.387. The van der Waals surface area contributed by atoms with Gasteiger partial charge in [-0.2, -0.15) is 12.6 Å². The van der Waals surface area contributed by atoms with Crippen molar-refractivity contribution in [2.75, 3.05) is 0 Å². The molecule has 5 atom stereocenters. The van der Waals surface area contributed by atoms with Crippen molar-refractivity contribution in [2.24, 2.45) is 23.7 Å². The highest BCUT2D eigenvalue weighted by molar-refractivity contribution is 7.81. The van der Waals surface area contributed by atoms with E-state index >= 15 is 0 Å². The summed E-state index contributed by atoms with van der Waals surface area (Å²) in [5.74, 6) is 3.69. The van der Waals surface area contributed by atoms with Crippen molar-refractivity contribution in [1.29, 1.82) is 0 Å². The molecule has 3 aliphatic rings. The third-order valence-corrected chi connectivity index (χ3v) is 7.12. The molecule has 0 radical (unpaired) electrons. The third kappa shape index (κ3) is 4.09. The molecule has 0 amide bonds. The van der Waals surface area contributed by atoms with Gasteiger partial charge in [-0.05, 0) is 49.4 Å². The lowest BCUT2D eigenvalue weighted by Gasteiger charge is -2.44. The first-order valence-corrected chi connectivity index (χ1v) is 10.2. The zero-order valence-electron chi connectivity index (χ0n) is 13.7. The van der Waals surface area contributed by atoms with Gasteiger partial charge in [0.2, 0.25) is 0 Å². The molecule has 2 fully saturated rings. The number of hydrogen-bond acceptors (Lipinski definition) is 1. The highest BCUT2D eigenvalue weighted by atomic mass is 32.1. The van der Waals surface area contributed by atoms with Crippen LogP contribution in [0.5, 0.6) is 0 Å². The molecule has 0 N–H and O–H groups in total. The van der Waals surface area contributed by atoms with Gasteiger partial charge in [-0.25, -0.2) is 0 Å². The van der Waals surface area contributed by atoms with Crippen molar-refractivity contribution in [1.82, 2.24) is 0 Å². The first-order valence-electron chi connectivity index (χ1n) is 9.72. The zero-order valence-corrected chi connectivity index (χ0v) is 14.6. The van der Waals surface area contributed by atoms with Crippen LogP contribution in [0.25, 0.3) is 0 Å². The van der Waals surface area contributed by atoms with Crippen LogP contribution in [-0.2, 0) is 0 Å². The monoisotopic (exact) mass is 306 g/mol. The minimum absolute atomic E-state index is 0.674. The van der Waals surface area contributed by atoms with Gasteiger partial charge in [-0.1, -0.05) is 69.9 Å². The molecule has 3 rings (SSSR count). The first-order chi connectivity index (χ1) is 10.4. The molecule has 0 bridgehead atoms. The summed E-state index contributed by atoms with van der Waals surface area (Å²) in [5, 5.41) is 0.674. The van der Waals surface area contributed by atoms with E-state index in [-0.39, 0.29) is 0 Å². The largest absolute Gasteiger partial charge is 0.176 e. The van der Waals surface area contributed by atoms with Crippen LogP contribution in [0.3, 0.4) is 0 Å². The minimum atomic E-state index is 0.674. The Labute approximate surface area is 137 Å². The Kier molecular flexibility index (Phi) is 6.15. The lowest BCUT2D eigenvalue weighted by atomic mass is 9.62. The Morgan fingerprint density at radius 2 is 1.14 bits per heavy atom. The molecule has 0 aromatic rings. The normalized spacial score (nSPS) is 42.2. The van der Waals surface area contributed by atoms with Gasteiger partial charge in [0.25, 0.3) is 0 Å². The van der Waals surface area contributed by atoms with Crippen LogP contribution in [0.15, 0.2) is 12.2 Å². The average Bonchev–Trinajstić information content (AvgIpc) is 2.47. The number of thiol groups is 1. The fourth-order valence-corrected chi connectivity index (χ4v) is 5.67. The smallest absolute Gasteiger partial charge is 0.00479 e. The topological polar surface area (TPSA) is 0 Å². The summed E-state index contributed by atoms with van der Waals surface area (Å²) in [6.07, 6.45) is 24.0. The molecule has 0 aliphatic heterocycles. The highest BCUT2D eigenvalue weighted by Gasteiger charge is 2.39. The number of rotatable bonds is 0. The lowest BCUT2D eigenvalue weighted by molar-refractivity contribution is 0.135. The molecular formula is C20H34S. The summed E-state index contributed by atoms with van der Waals surface area (Å²) in [5.41, 5.74) is 0. The predicted octanol–water partition coefficient (Wildman–Crippen LogP) is 6.42. The molecule has 0 heterocycles. The molecule has 21 heavy (non-hydrogen) atoms. The Balaban J connectivity index is 1.65. The summed E-state index contributed by atoms with van der Waals surface area (Å²) in [6.45, 7) is 0. The maximum atomic E-state index is 5.06. The maximum absolute atomic E-state index is 5.06. The van der Waals surface area contributed by atoms with E-state index in [0.717, 1.165) is 23.7 Å². The fraction of sp³-hybridized carbons (Fsp3) is 0.900. The van der Waals surface area contributed by atoms with Crippen molar-refractivity contribution in [3.05, 3.63) is 12.2 Å². The maximum Gasteiger partial charge on any atom is 0.00479 e. The molecule has 1 heteroatoms. The molecule has 120 valence electrons. The van der Waals surface area contributed by atoms with Gasteiger partial charge in [0.1, 0.15) is 0 Å². The summed E-state index contributed by atoms with van der Waals surface area (Å²) >= 11 is 5.06. The summed E-state index contributed by atoms with van der Waals surface area (Å²) in [7, 11) is 0. The van der Waals surface area contributed by atoms with E-state index in [4.69, 9.17) is 12.6 Å². The van der Waals surface area contributed by atoms with Crippen molar-refractivity contribution in [3.63, 3.8) is 0 Å². The molecule has 5 unspecified atom stereocenters. The van der Waals surface area contributed by atoms with E-state index in [2.05, 4.69) is 12.2 Å². The molecule has 0 nitrogen and oxygen atoms in total. The summed E-state index contributed by atoms with van der Waals surface area (Å²) in [6, 6.07) is 0. The van der Waals surface area contributed by atoms with Crippen molar-refractivity contribution in [2.45, 2.75) is 88.7 Å².